The summed E-state index contributed by atoms with van der Waals surface area (Å²) in [5, 5.41) is 4.23. The molecular weight excluding hydrogens is 264 g/mol. The van der Waals surface area contributed by atoms with E-state index in [0.29, 0.717) is 0 Å². The second-order valence-electron chi connectivity index (χ2n) is 2.35. The molecule has 2 radical (unpaired) electrons. The molecule has 0 aliphatic carbocycles. The molecule has 0 bridgehead atoms. The zero-order valence-electron chi connectivity index (χ0n) is 6.01. The Balaban J connectivity index is 0. The Labute approximate surface area is 108 Å². The monoisotopic (exact) mass is 276 g/mol. The Morgan fingerprint density at radius 2 is 1.56 bits per heavy atom. The van der Waals surface area contributed by atoms with Gasteiger partial charge in [-0.15, -0.1) is 13.1 Å². The molecule has 1 saturated heterocycles. The van der Waals surface area contributed by atoms with Gasteiger partial charge in [-0.1, -0.05) is 19.8 Å². The Bertz CT molecular complexity index is 53.0. The van der Waals surface area contributed by atoms with Crippen molar-refractivity contribution in [3.05, 3.63) is 5.32 Å². The molecule has 0 amide bonds. The van der Waals surface area contributed by atoms with E-state index in [4.69, 9.17) is 0 Å². The minimum atomic E-state index is 0. The number of rotatable bonds is 0. The molecule has 1 heterocycles. The van der Waals surface area contributed by atoms with Crippen LogP contribution in [0.1, 0.15) is 19.8 Å². The van der Waals surface area contributed by atoms with Crippen molar-refractivity contribution in [2.24, 2.45) is 5.92 Å². The summed E-state index contributed by atoms with van der Waals surface area (Å²) in [7, 11) is 0. The molecule has 0 atom stereocenters. The molecule has 0 aromatic heterocycles. The predicted octanol–water partition coefficient (Wildman–Crippen LogP) is 1.79. The Morgan fingerprint density at radius 3 is 1.78 bits per heavy atom. The first-order valence-corrected chi connectivity index (χ1v) is 3.03. The standard InChI is InChI=1S/C6H12N.2Y/c1-6-2-4-7-5-3-6;;/h6H,2-5H2,1H3;;/q-1;;. The van der Waals surface area contributed by atoms with Gasteiger partial charge in [0.05, 0.1) is 0 Å². The normalized spacial score (nSPS) is 19.7. The van der Waals surface area contributed by atoms with Crippen LogP contribution in [0.15, 0.2) is 0 Å². The van der Waals surface area contributed by atoms with E-state index < -0.39 is 0 Å². The van der Waals surface area contributed by atoms with Gasteiger partial charge in [0.15, 0.2) is 0 Å². The largest absolute Gasteiger partial charge is 0.662 e. The number of nitrogens with zero attached hydrogens (tertiary/aromatic N) is 1. The summed E-state index contributed by atoms with van der Waals surface area (Å²) in [5.41, 5.74) is 0. The number of hydrogen-bond donors (Lipinski definition) is 0. The van der Waals surface area contributed by atoms with Gasteiger partial charge in [0.1, 0.15) is 0 Å². The minimum absolute atomic E-state index is 0. The van der Waals surface area contributed by atoms with E-state index in [9.17, 15) is 0 Å². The maximum absolute atomic E-state index is 4.23. The second-order valence-corrected chi connectivity index (χ2v) is 2.35. The third-order valence-electron chi connectivity index (χ3n) is 1.56. The fourth-order valence-electron chi connectivity index (χ4n) is 0.879. The van der Waals surface area contributed by atoms with Crippen LogP contribution in [0.2, 0.25) is 0 Å². The van der Waals surface area contributed by atoms with E-state index in [2.05, 4.69) is 12.2 Å². The topological polar surface area (TPSA) is 14.1 Å². The molecule has 1 aliphatic heterocycles. The fraction of sp³-hybridized carbons (Fsp3) is 1.00. The van der Waals surface area contributed by atoms with Gasteiger partial charge in [0.2, 0.25) is 0 Å². The van der Waals surface area contributed by atoms with Gasteiger partial charge >= 0.3 is 0 Å². The molecular formula is C6H12NY2-. The van der Waals surface area contributed by atoms with Crippen molar-refractivity contribution in [1.82, 2.24) is 0 Å². The third-order valence-corrected chi connectivity index (χ3v) is 1.56. The summed E-state index contributed by atoms with van der Waals surface area (Å²) in [6.45, 7) is 4.52. The molecule has 0 unspecified atom stereocenters. The predicted molar refractivity (Wildman–Crippen MR) is 31.5 cm³/mol. The SMILES string of the molecule is CC1CC[N-]CC1.[Y].[Y]. The van der Waals surface area contributed by atoms with Gasteiger partial charge < -0.3 is 5.32 Å². The van der Waals surface area contributed by atoms with Gasteiger partial charge in [-0.2, -0.15) is 0 Å². The smallest absolute Gasteiger partial charge is 0 e. The van der Waals surface area contributed by atoms with Crippen molar-refractivity contribution in [2.75, 3.05) is 13.1 Å². The van der Waals surface area contributed by atoms with E-state index in [1.807, 2.05) is 0 Å². The van der Waals surface area contributed by atoms with Crippen LogP contribution in [0.3, 0.4) is 0 Å². The van der Waals surface area contributed by atoms with Crippen molar-refractivity contribution in [3.63, 3.8) is 0 Å². The summed E-state index contributed by atoms with van der Waals surface area (Å²) in [6.07, 6.45) is 2.64. The molecule has 3 heteroatoms. The fourth-order valence-corrected chi connectivity index (χ4v) is 0.879. The number of hydrogen-bond acceptors (Lipinski definition) is 0. The molecule has 1 fully saturated rings. The van der Waals surface area contributed by atoms with Gasteiger partial charge in [-0.25, -0.2) is 0 Å². The van der Waals surface area contributed by atoms with Gasteiger partial charge in [0, 0.05) is 65.4 Å². The summed E-state index contributed by atoms with van der Waals surface area (Å²) in [4.78, 5) is 0. The molecule has 0 N–H and O–H groups in total. The van der Waals surface area contributed by atoms with Crippen LogP contribution < -0.4 is 0 Å². The molecule has 1 nitrogen and oxygen atoms in total. The van der Waals surface area contributed by atoms with E-state index >= 15 is 0 Å². The first-order chi connectivity index (χ1) is 3.39. The van der Waals surface area contributed by atoms with E-state index in [-0.39, 0.29) is 65.4 Å². The van der Waals surface area contributed by atoms with Crippen molar-refractivity contribution in [3.8, 4) is 0 Å². The van der Waals surface area contributed by atoms with Crippen molar-refractivity contribution >= 4 is 0 Å². The van der Waals surface area contributed by atoms with Crippen molar-refractivity contribution in [2.45, 2.75) is 19.8 Å². The summed E-state index contributed by atoms with van der Waals surface area (Å²) in [6, 6.07) is 0. The van der Waals surface area contributed by atoms with Crippen LogP contribution in [0, 0.1) is 5.92 Å². The molecule has 1 aliphatic rings. The second kappa shape index (κ2) is 8.27. The molecule has 0 aromatic carbocycles. The average Bonchev–Trinajstić information content (AvgIpc) is 1.69. The molecule has 48 valence electrons. The average molecular weight is 276 g/mol. The summed E-state index contributed by atoms with van der Waals surface area (Å²) < 4.78 is 0. The maximum Gasteiger partial charge on any atom is 0 e. The maximum atomic E-state index is 4.23. The first kappa shape index (κ1) is 13.7. The van der Waals surface area contributed by atoms with Crippen LogP contribution in [-0.2, 0) is 65.4 Å². The van der Waals surface area contributed by atoms with E-state index in [0.717, 1.165) is 19.0 Å². The van der Waals surface area contributed by atoms with Gasteiger partial charge in [-0.05, 0) is 5.92 Å². The first-order valence-electron chi connectivity index (χ1n) is 3.03. The summed E-state index contributed by atoms with van der Waals surface area (Å²) >= 11 is 0. The van der Waals surface area contributed by atoms with Crippen LogP contribution in [-0.4, -0.2) is 13.1 Å². The van der Waals surface area contributed by atoms with Crippen LogP contribution in [0.4, 0.5) is 0 Å². The van der Waals surface area contributed by atoms with Crippen LogP contribution >= 0.6 is 0 Å². The zero-order chi connectivity index (χ0) is 5.11. The number of piperidine rings is 1. The van der Waals surface area contributed by atoms with Crippen molar-refractivity contribution < 1.29 is 65.4 Å². The van der Waals surface area contributed by atoms with E-state index in [1.54, 1.807) is 0 Å². The van der Waals surface area contributed by atoms with E-state index in [1.165, 1.54) is 12.8 Å². The summed E-state index contributed by atoms with van der Waals surface area (Å²) in [5.74, 6) is 0.942. The third kappa shape index (κ3) is 6.56. The molecule has 0 spiro atoms. The Morgan fingerprint density at radius 1 is 1.11 bits per heavy atom. The Kier molecular flexibility index (Phi) is 12.6. The molecule has 0 aromatic rings. The van der Waals surface area contributed by atoms with Crippen molar-refractivity contribution in [1.29, 1.82) is 0 Å². The molecule has 0 saturated carbocycles. The Hall–Kier alpha value is 2.17. The van der Waals surface area contributed by atoms with Crippen LogP contribution in [0.5, 0.6) is 0 Å². The molecule has 9 heavy (non-hydrogen) atoms. The zero-order valence-corrected chi connectivity index (χ0v) is 11.7. The van der Waals surface area contributed by atoms with Gasteiger partial charge in [0.25, 0.3) is 0 Å². The molecule has 1 rings (SSSR count). The van der Waals surface area contributed by atoms with Crippen LogP contribution in [0.25, 0.3) is 5.32 Å². The van der Waals surface area contributed by atoms with Gasteiger partial charge in [-0.3, -0.25) is 0 Å². The minimum Gasteiger partial charge on any atom is -0.662 e. The quantitative estimate of drug-likeness (QED) is 0.640.